The lowest BCUT2D eigenvalue weighted by molar-refractivity contribution is 0.383. The van der Waals surface area contributed by atoms with Crippen LogP contribution < -0.4 is 4.74 Å². The van der Waals surface area contributed by atoms with Crippen molar-refractivity contribution in [3.8, 4) is 22.9 Å². The number of nitrogens with zero attached hydrogens (tertiary/aromatic N) is 6. The largest absolute Gasteiger partial charge is 0.481 e. The highest BCUT2D eigenvalue weighted by Gasteiger charge is 2.21. The number of benzene rings is 3. The summed E-state index contributed by atoms with van der Waals surface area (Å²) >= 11 is 0. The van der Waals surface area contributed by atoms with Gasteiger partial charge in [-0.2, -0.15) is 15.3 Å². The monoisotopic (exact) mass is 644 g/mol. The maximum absolute atomic E-state index is 5.38. The molecule has 0 saturated heterocycles. The summed E-state index contributed by atoms with van der Waals surface area (Å²) in [4.78, 5) is 0. The molecule has 3 aromatic heterocycles. The van der Waals surface area contributed by atoms with E-state index in [4.69, 9.17) is 4.74 Å². The summed E-state index contributed by atoms with van der Waals surface area (Å²) in [5.41, 5.74) is 7.93. The van der Waals surface area contributed by atoms with Crippen LogP contribution in [0.1, 0.15) is 85.1 Å². The Morgan fingerprint density at radius 1 is 0.479 bits per heavy atom. The van der Waals surface area contributed by atoms with E-state index in [1.165, 1.54) is 5.69 Å². The molecule has 0 bridgehead atoms. The van der Waals surface area contributed by atoms with Crippen LogP contribution >= 0.6 is 0 Å². The quantitative estimate of drug-likeness (QED) is 0.192. The molecule has 3 heterocycles. The standard InChI is InChI=1S/C14H18N2O.C14H18N2.C13H16N2/c1-14(2,3)12-10-13(17-4)16(15-12)11-8-6-5-7-9-11;1-11-10-13(14(2,3)4)15-16(11)12-8-6-5-7-9-12;1-13(2,3)12-9-10-15(14-12)11-7-5-4-6-8-11/h5-10H,1-4H3;5-10H,1-4H3;4-10H,1-3H3. The Morgan fingerprint density at radius 3 is 1.31 bits per heavy atom. The molecule has 48 heavy (non-hydrogen) atoms. The number of aryl methyl sites for hydroxylation is 1. The van der Waals surface area contributed by atoms with Crippen LogP contribution in [0, 0.1) is 6.92 Å². The summed E-state index contributed by atoms with van der Waals surface area (Å²) < 4.78 is 11.1. The molecule has 3 aromatic carbocycles. The lowest BCUT2D eigenvalue weighted by Crippen LogP contribution is -2.12. The van der Waals surface area contributed by atoms with Gasteiger partial charge in [-0.25, -0.2) is 14.0 Å². The van der Waals surface area contributed by atoms with Gasteiger partial charge in [0.05, 0.1) is 41.3 Å². The molecule has 7 heteroatoms. The Hall–Kier alpha value is -4.91. The fraction of sp³-hybridized carbons (Fsp3) is 0.341. The van der Waals surface area contributed by atoms with Gasteiger partial charge in [0.1, 0.15) is 0 Å². The molecule has 0 aliphatic heterocycles. The van der Waals surface area contributed by atoms with E-state index < -0.39 is 0 Å². The summed E-state index contributed by atoms with van der Waals surface area (Å²) in [6, 6.07) is 36.6. The molecule has 0 saturated carbocycles. The van der Waals surface area contributed by atoms with Crippen LogP contribution in [-0.2, 0) is 16.2 Å². The number of rotatable bonds is 4. The van der Waals surface area contributed by atoms with Gasteiger partial charge in [0.25, 0.3) is 0 Å². The van der Waals surface area contributed by atoms with Gasteiger partial charge in [-0.05, 0) is 55.5 Å². The smallest absolute Gasteiger partial charge is 0.216 e. The molecule has 252 valence electrons. The first-order chi connectivity index (χ1) is 22.6. The number of methoxy groups -OCH3 is 1. The molecular formula is C41H52N6O. The van der Waals surface area contributed by atoms with Gasteiger partial charge in [-0.3, -0.25) is 0 Å². The Labute approximate surface area is 287 Å². The van der Waals surface area contributed by atoms with Gasteiger partial charge in [-0.15, -0.1) is 0 Å². The van der Waals surface area contributed by atoms with Crippen molar-refractivity contribution < 1.29 is 4.74 Å². The van der Waals surface area contributed by atoms with Gasteiger partial charge in [0, 0.05) is 34.2 Å². The Morgan fingerprint density at radius 2 is 0.896 bits per heavy atom. The van der Waals surface area contributed by atoms with Gasteiger partial charge < -0.3 is 4.74 Å². The summed E-state index contributed by atoms with van der Waals surface area (Å²) in [5, 5.41) is 13.9. The highest BCUT2D eigenvalue weighted by Crippen LogP contribution is 2.27. The van der Waals surface area contributed by atoms with Crippen LogP contribution in [0.25, 0.3) is 17.1 Å². The molecule has 0 N–H and O–H groups in total. The van der Waals surface area contributed by atoms with Crippen molar-refractivity contribution in [3.63, 3.8) is 0 Å². The fourth-order valence-electron chi connectivity index (χ4n) is 4.75. The van der Waals surface area contributed by atoms with Crippen molar-refractivity contribution in [1.82, 2.24) is 29.3 Å². The predicted molar refractivity (Wildman–Crippen MR) is 198 cm³/mol. The number of ether oxygens (including phenoxy) is 1. The van der Waals surface area contributed by atoms with Crippen LogP contribution in [0.5, 0.6) is 5.88 Å². The van der Waals surface area contributed by atoms with E-state index in [0.29, 0.717) is 0 Å². The maximum Gasteiger partial charge on any atom is 0.216 e. The highest BCUT2D eigenvalue weighted by molar-refractivity contribution is 5.37. The van der Waals surface area contributed by atoms with E-state index in [0.717, 1.165) is 40.0 Å². The SMILES string of the molecule is CC(C)(C)c1ccn(-c2ccccc2)n1.COc1cc(C(C)(C)C)nn1-c1ccccc1.Cc1cc(C(C)(C)C)nn1-c1ccccc1. The van der Waals surface area contributed by atoms with Crippen LogP contribution in [-0.4, -0.2) is 36.5 Å². The first kappa shape index (κ1) is 35.9. The second kappa shape index (κ2) is 14.9. The van der Waals surface area contributed by atoms with Crippen molar-refractivity contribution in [2.45, 2.75) is 85.5 Å². The third-order valence-electron chi connectivity index (χ3n) is 7.69. The molecule has 6 aromatic rings. The van der Waals surface area contributed by atoms with Gasteiger partial charge in [0.15, 0.2) is 0 Å². The Bertz CT molecular complexity index is 1850. The fourth-order valence-corrected chi connectivity index (χ4v) is 4.75. The summed E-state index contributed by atoms with van der Waals surface area (Å²) in [6.07, 6.45) is 2.01. The average molecular weight is 645 g/mol. The summed E-state index contributed by atoms with van der Waals surface area (Å²) in [6.45, 7) is 21.6. The molecule has 0 aliphatic rings. The Balaban J connectivity index is 0.000000163. The van der Waals surface area contributed by atoms with E-state index in [-0.39, 0.29) is 16.2 Å². The minimum absolute atomic E-state index is 0.0211. The van der Waals surface area contributed by atoms with Gasteiger partial charge >= 0.3 is 0 Å². The molecule has 0 unspecified atom stereocenters. The molecule has 0 amide bonds. The summed E-state index contributed by atoms with van der Waals surface area (Å²) in [5.74, 6) is 0.765. The minimum Gasteiger partial charge on any atom is -0.481 e. The molecule has 0 spiro atoms. The molecule has 6 rings (SSSR count). The van der Waals surface area contributed by atoms with E-state index in [2.05, 4.69) is 121 Å². The molecule has 7 nitrogen and oxygen atoms in total. The van der Waals surface area contributed by atoms with Crippen molar-refractivity contribution in [2.24, 2.45) is 0 Å². The van der Waals surface area contributed by atoms with E-state index in [9.17, 15) is 0 Å². The van der Waals surface area contributed by atoms with E-state index in [1.54, 1.807) is 7.11 Å². The van der Waals surface area contributed by atoms with Crippen molar-refractivity contribution in [2.75, 3.05) is 7.11 Å². The molecule has 0 radical (unpaired) electrons. The second-order valence-corrected chi connectivity index (χ2v) is 15.0. The lowest BCUT2D eigenvalue weighted by atomic mass is 9.92. The first-order valence-electron chi connectivity index (χ1n) is 16.5. The maximum atomic E-state index is 5.38. The normalized spacial score (nSPS) is 11.6. The van der Waals surface area contributed by atoms with Crippen LogP contribution in [0.3, 0.4) is 0 Å². The zero-order valence-electron chi connectivity index (χ0n) is 30.6. The zero-order valence-corrected chi connectivity index (χ0v) is 30.6. The highest BCUT2D eigenvalue weighted by atomic mass is 16.5. The third-order valence-corrected chi connectivity index (χ3v) is 7.69. The number of para-hydroxylation sites is 3. The topological polar surface area (TPSA) is 62.7 Å². The number of hydrogen-bond donors (Lipinski definition) is 0. The third kappa shape index (κ3) is 9.34. The minimum atomic E-state index is 0.0211. The average Bonchev–Trinajstić information content (AvgIpc) is 3.81. The van der Waals surface area contributed by atoms with E-state index >= 15 is 0 Å². The number of aromatic nitrogens is 6. The molecular weight excluding hydrogens is 592 g/mol. The van der Waals surface area contributed by atoms with Crippen LogP contribution in [0.15, 0.2) is 115 Å². The van der Waals surface area contributed by atoms with E-state index in [1.807, 2.05) is 93.0 Å². The number of hydrogen-bond acceptors (Lipinski definition) is 4. The van der Waals surface area contributed by atoms with Gasteiger partial charge in [0.2, 0.25) is 5.88 Å². The van der Waals surface area contributed by atoms with Crippen LogP contribution in [0.2, 0.25) is 0 Å². The van der Waals surface area contributed by atoms with Gasteiger partial charge in [-0.1, -0.05) is 117 Å². The molecule has 0 fully saturated rings. The molecule has 0 atom stereocenters. The van der Waals surface area contributed by atoms with Crippen molar-refractivity contribution in [3.05, 3.63) is 138 Å². The molecule has 0 aliphatic carbocycles. The Kier molecular flexibility index (Phi) is 11.1. The zero-order chi connectivity index (χ0) is 35.1. The van der Waals surface area contributed by atoms with Crippen molar-refractivity contribution >= 4 is 0 Å². The predicted octanol–water partition coefficient (Wildman–Crippen LogP) is 9.83. The second-order valence-electron chi connectivity index (χ2n) is 15.0. The lowest BCUT2D eigenvalue weighted by Gasteiger charge is -2.14. The first-order valence-corrected chi connectivity index (χ1v) is 16.5. The van der Waals surface area contributed by atoms with Crippen molar-refractivity contribution in [1.29, 1.82) is 0 Å². The summed E-state index contributed by atoms with van der Waals surface area (Å²) in [7, 11) is 1.67. The van der Waals surface area contributed by atoms with Crippen LogP contribution in [0.4, 0.5) is 0 Å².